The Bertz CT molecular complexity index is 1200. The maximum absolute atomic E-state index is 11.9. The Balaban J connectivity index is 1.39. The van der Waals surface area contributed by atoms with E-state index in [4.69, 9.17) is 9.15 Å². The summed E-state index contributed by atoms with van der Waals surface area (Å²) < 4.78 is 10.5. The van der Waals surface area contributed by atoms with E-state index in [0.29, 0.717) is 17.2 Å². The van der Waals surface area contributed by atoms with Crippen molar-refractivity contribution in [3.63, 3.8) is 0 Å². The molecule has 0 bridgehead atoms. The Labute approximate surface area is 200 Å². The summed E-state index contributed by atoms with van der Waals surface area (Å²) in [7, 11) is 1.55. The van der Waals surface area contributed by atoms with E-state index >= 15 is 0 Å². The van der Waals surface area contributed by atoms with Crippen molar-refractivity contribution >= 4 is 35.5 Å². The highest BCUT2D eigenvalue weighted by Crippen LogP contribution is 2.11. The Kier molecular flexibility index (Phi) is 8.72. The van der Waals surface area contributed by atoms with E-state index in [9.17, 15) is 19.2 Å². The van der Waals surface area contributed by atoms with Gasteiger partial charge in [-0.2, -0.15) is 5.10 Å². The Morgan fingerprint density at radius 2 is 1.51 bits per heavy atom. The Morgan fingerprint density at radius 3 is 2.23 bits per heavy atom. The number of ether oxygens (including phenoxy) is 1. The molecule has 3 rings (SSSR count). The highest BCUT2D eigenvalue weighted by molar-refractivity contribution is 6.39. The standard InChI is InChI=1S/C24H23N5O6/c1-34-18-9-7-16(8-10-18)13-25-22(31)24(33)29-27-15-20-12-11-19(35-20)14-26-21(30)23(32)28-17-5-3-2-4-6-17/h2-12,15H,13-14H2,1H3,(H,25,31)(H,26,30)(H,28,32)(H,29,33)/b27-15+. The summed E-state index contributed by atoms with van der Waals surface area (Å²) in [5, 5.41) is 11.1. The Hall–Kier alpha value is -4.93. The first-order valence-electron chi connectivity index (χ1n) is 10.4. The molecule has 0 saturated carbocycles. The summed E-state index contributed by atoms with van der Waals surface area (Å²) in [5.41, 5.74) is 3.39. The number of carbonyl (C=O) groups excluding carboxylic acids is 4. The maximum Gasteiger partial charge on any atom is 0.329 e. The molecule has 35 heavy (non-hydrogen) atoms. The lowest BCUT2D eigenvalue weighted by molar-refractivity contribution is -0.139. The molecule has 0 fully saturated rings. The number of methoxy groups -OCH3 is 1. The summed E-state index contributed by atoms with van der Waals surface area (Å²) in [6.07, 6.45) is 1.20. The third-order valence-corrected chi connectivity index (χ3v) is 4.52. The van der Waals surface area contributed by atoms with Crippen molar-refractivity contribution in [2.24, 2.45) is 5.10 Å². The lowest BCUT2D eigenvalue weighted by Crippen LogP contribution is -2.37. The van der Waals surface area contributed by atoms with Gasteiger partial charge in [-0.15, -0.1) is 0 Å². The van der Waals surface area contributed by atoms with Crippen LogP contribution in [0.2, 0.25) is 0 Å². The molecule has 0 radical (unpaired) electrons. The number of rotatable bonds is 8. The van der Waals surface area contributed by atoms with Crippen molar-refractivity contribution in [3.05, 3.63) is 83.8 Å². The third kappa shape index (κ3) is 7.86. The number of hydrogen-bond acceptors (Lipinski definition) is 7. The van der Waals surface area contributed by atoms with Gasteiger partial charge in [0, 0.05) is 12.2 Å². The first-order valence-corrected chi connectivity index (χ1v) is 10.4. The van der Waals surface area contributed by atoms with Gasteiger partial charge < -0.3 is 25.1 Å². The molecule has 4 amide bonds. The topological polar surface area (TPSA) is 151 Å². The van der Waals surface area contributed by atoms with E-state index in [1.165, 1.54) is 6.21 Å². The molecular formula is C24H23N5O6. The number of nitrogens with zero attached hydrogens (tertiary/aromatic N) is 1. The van der Waals surface area contributed by atoms with E-state index in [-0.39, 0.29) is 18.8 Å². The number of hydrazone groups is 1. The lowest BCUT2D eigenvalue weighted by Gasteiger charge is -2.05. The number of para-hydroxylation sites is 1. The second-order valence-electron chi connectivity index (χ2n) is 7.04. The second kappa shape index (κ2) is 12.3. The van der Waals surface area contributed by atoms with Gasteiger partial charge in [0.25, 0.3) is 0 Å². The molecule has 2 aromatic carbocycles. The van der Waals surface area contributed by atoms with Crippen molar-refractivity contribution in [1.82, 2.24) is 16.1 Å². The molecule has 4 N–H and O–H groups in total. The molecule has 0 atom stereocenters. The van der Waals surface area contributed by atoms with Crippen LogP contribution in [0.15, 0.2) is 76.2 Å². The van der Waals surface area contributed by atoms with Crippen LogP contribution < -0.4 is 26.1 Å². The molecule has 0 aliphatic heterocycles. The summed E-state index contributed by atoms with van der Waals surface area (Å²) in [6.45, 7) is 0.131. The molecule has 3 aromatic rings. The number of anilines is 1. The third-order valence-electron chi connectivity index (χ3n) is 4.52. The van der Waals surface area contributed by atoms with E-state index < -0.39 is 23.6 Å². The fourth-order valence-corrected chi connectivity index (χ4v) is 2.73. The van der Waals surface area contributed by atoms with Crippen molar-refractivity contribution < 1.29 is 28.3 Å². The average molecular weight is 477 g/mol. The first kappa shape index (κ1) is 24.7. The van der Waals surface area contributed by atoms with Crippen LogP contribution in [0.5, 0.6) is 5.75 Å². The van der Waals surface area contributed by atoms with Gasteiger partial charge >= 0.3 is 23.6 Å². The molecule has 1 heterocycles. The van der Waals surface area contributed by atoms with Gasteiger partial charge in [0.05, 0.1) is 19.9 Å². The second-order valence-corrected chi connectivity index (χ2v) is 7.04. The lowest BCUT2D eigenvalue weighted by atomic mass is 10.2. The molecule has 0 unspecified atom stereocenters. The van der Waals surface area contributed by atoms with Gasteiger partial charge in [-0.05, 0) is 42.0 Å². The number of amides is 4. The minimum Gasteiger partial charge on any atom is -0.497 e. The molecular weight excluding hydrogens is 454 g/mol. The van der Waals surface area contributed by atoms with Gasteiger partial charge in [-0.25, -0.2) is 5.43 Å². The quantitative estimate of drug-likeness (QED) is 0.218. The number of carbonyl (C=O) groups is 4. The van der Waals surface area contributed by atoms with Crippen LogP contribution in [-0.2, 0) is 32.3 Å². The first-order chi connectivity index (χ1) is 16.9. The molecule has 1 aromatic heterocycles. The highest BCUT2D eigenvalue weighted by Gasteiger charge is 2.14. The van der Waals surface area contributed by atoms with Crippen molar-refractivity contribution in [1.29, 1.82) is 0 Å². The summed E-state index contributed by atoms with van der Waals surface area (Å²) >= 11 is 0. The fraction of sp³-hybridized carbons (Fsp3) is 0.125. The van der Waals surface area contributed by atoms with Crippen molar-refractivity contribution in [3.8, 4) is 5.75 Å². The summed E-state index contributed by atoms with van der Waals surface area (Å²) in [4.78, 5) is 47.6. The number of benzene rings is 2. The minimum atomic E-state index is -0.946. The number of furan rings is 1. The van der Waals surface area contributed by atoms with Crippen LogP contribution in [0.1, 0.15) is 17.1 Å². The summed E-state index contributed by atoms with van der Waals surface area (Å²) in [6, 6.07) is 18.7. The molecule has 11 heteroatoms. The smallest absolute Gasteiger partial charge is 0.329 e. The number of hydrogen-bond donors (Lipinski definition) is 4. The van der Waals surface area contributed by atoms with Crippen molar-refractivity contribution in [2.75, 3.05) is 12.4 Å². The molecule has 0 aliphatic rings. The molecule has 0 saturated heterocycles. The van der Waals surface area contributed by atoms with Crippen molar-refractivity contribution in [2.45, 2.75) is 13.1 Å². The zero-order chi connectivity index (χ0) is 25.0. The monoisotopic (exact) mass is 477 g/mol. The van der Waals surface area contributed by atoms with Gasteiger partial charge in [-0.1, -0.05) is 30.3 Å². The molecule has 0 aliphatic carbocycles. The van der Waals surface area contributed by atoms with Crippen LogP contribution >= 0.6 is 0 Å². The van der Waals surface area contributed by atoms with E-state index in [0.717, 1.165) is 5.56 Å². The number of nitrogens with one attached hydrogen (secondary N) is 4. The zero-order valence-electron chi connectivity index (χ0n) is 18.7. The van der Waals surface area contributed by atoms with Gasteiger partial charge in [0.1, 0.15) is 17.3 Å². The van der Waals surface area contributed by atoms with E-state index in [1.807, 2.05) is 0 Å². The van der Waals surface area contributed by atoms with Gasteiger partial charge in [0.2, 0.25) is 0 Å². The van der Waals surface area contributed by atoms with Gasteiger partial charge in [-0.3, -0.25) is 19.2 Å². The molecule has 0 spiro atoms. The van der Waals surface area contributed by atoms with Crippen LogP contribution in [0, 0.1) is 0 Å². The average Bonchev–Trinajstić information content (AvgIpc) is 3.34. The van der Waals surface area contributed by atoms with Crippen LogP contribution in [0.25, 0.3) is 0 Å². The zero-order valence-corrected chi connectivity index (χ0v) is 18.7. The summed E-state index contributed by atoms with van der Waals surface area (Å²) in [5.74, 6) is -2.12. The predicted octanol–water partition coefficient (Wildman–Crippen LogP) is 1.31. The SMILES string of the molecule is COc1ccc(CNC(=O)C(=O)N/N=C/c2ccc(CNC(=O)C(=O)Nc3ccccc3)o2)cc1. The van der Waals surface area contributed by atoms with Gasteiger partial charge in [0.15, 0.2) is 0 Å². The highest BCUT2D eigenvalue weighted by atomic mass is 16.5. The van der Waals surface area contributed by atoms with Crippen LogP contribution in [0.4, 0.5) is 5.69 Å². The maximum atomic E-state index is 11.9. The molecule has 180 valence electrons. The normalized spacial score (nSPS) is 10.4. The predicted molar refractivity (Wildman–Crippen MR) is 126 cm³/mol. The minimum absolute atomic E-state index is 0.0327. The fourth-order valence-electron chi connectivity index (χ4n) is 2.73. The molecule has 11 nitrogen and oxygen atoms in total. The van der Waals surface area contributed by atoms with Crippen LogP contribution in [0.3, 0.4) is 0 Å². The van der Waals surface area contributed by atoms with E-state index in [1.54, 1.807) is 73.8 Å². The van der Waals surface area contributed by atoms with Crippen LogP contribution in [-0.4, -0.2) is 37.0 Å². The largest absolute Gasteiger partial charge is 0.497 e. The Morgan fingerprint density at radius 1 is 0.829 bits per heavy atom. The van der Waals surface area contributed by atoms with E-state index in [2.05, 4.69) is 26.5 Å².